The van der Waals surface area contributed by atoms with Crippen LogP contribution in [-0.4, -0.2) is 45.4 Å². The minimum Gasteiger partial charge on any atom is -0.448 e. The molecule has 0 bridgehead atoms. The van der Waals surface area contributed by atoms with Gasteiger partial charge >= 0.3 is 5.97 Å². The van der Waals surface area contributed by atoms with Crippen molar-refractivity contribution in [1.82, 2.24) is 20.3 Å². The third-order valence-electron chi connectivity index (χ3n) is 4.78. The van der Waals surface area contributed by atoms with Crippen molar-refractivity contribution in [3.05, 3.63) is 71.0 Å². The Labute approximate surface area is 185 Å². The van der Waals surface area contributed by atoms with Gasteiger partial charge < -0.3 is 15.4 Å². The zero-order chi connectivity index (χ0) is 23.3. The van der Waals surface area contributed by atoms with Gasteiger partial charge in [-0.25, -0.2) is 4.79 Å². The number of benzene rings is 2. The number of amides is 2. The SMILES string of the molecule is Cc1cccc(C)c1NC(=O)CNC(=O)[C@H](C)OC(=O)c1nn(-c2ccccc2)nc1C. The van der Waals surface area contributed by atoms with Gasteiger partial charge in [-0.15, -0.1) is 5.10 Å². The van der Waals surface area contributed by atoms with Crippen LogP contribution in [-0.2, 0) is 14.3 Å². The van der Waals surface area contributed by atoms with E-state index < -0.39 is 18.0 Å². The first-order valence-electron chi connectivity index (χ1n) is 10.1. The van der Waals surface area contributed by atoms with Gasteiger partial charge in [0, 0.05) is 5.69 Å². The van der Waals surface area contributed by atoms with Crippen LogP contribution in [0.25, 0.3) is 5.69 Å². The van der Waals surface area contributed by atoms with E-state index in [1.165, 1.54) is 11.7 Å². The maximum Gasteiger partial charge on any atom is 0.361 e. The summed E-state index contributed by atoms with van der Waals surface area (Å²) in [5.74, 6) is -1.74. The Kier molecular flexibility index (Phi) is 6.99. The van der Waals surface area contributed by atoms with Gasteiger partial charge in [-0.05, 0) is 51.0 Å². The predicted molar refractivity (Wildman–Crippen MR) is 119 cm³/mol. The number of aryl methyl sites for hydroxylation is 3. The van der Waals surface area contributed by atoms with Crippen LogP contribution in [0.1, 0.15) is 34.2 Å². The van der Waals surface area contributed by atoms with Gasteiger partial charge in [0.05, 0.1) is 17.9 Å². The molecule has 0 unspecified atom stereocenters. The fourth-order valence-electron chi connectivity index (χ4n) is 3.02. The zero-order valence-corrected chi connectivity index (χ0v) is 18.4. The van der Waals surface area contributed by atoms with Crippen LogP contribution in [0.15, 0.2) is 48.5 Å². The largest absolute Gasteiger partial charge is 0.448 e. The van der Waals surface area contributed by atoms with Crippen LogP contribution in [0.3, 0.4) is 0 Å². The minimum absolute atomic E-state index is 0.0151. The van der Waals surface area contributed by atoms with Crippen LogP contribution >= 0.6 is 0 Å². The molecule has 3 aromatic rings. The number of ether oxygens (including phenoxy) is 1. The summed E-state index contributed by atoms with van der Waals surface area (Å²) in [5.41, 5.74) is 3.64. The van der Waals surface area contributed by atoms with Gasteiger partial charge in [0.1, 0.15) is 0 Å². The average molecular weight is 435 g/mol. The Morgan fingerprint density at radius 1 is 0.969 bits per heavy atom. The molecule has 32 heavy (non-hydrogen) atoms. The molecule has 2 amide bonds. The molecule has 0 fully saturated rings. The molecule has 0 aliphatic heterocycles. The van der Waals surface area contributed by atoms with Crippen molar-refractivity contribution in [2.45, 2.75) is 33.8 Å². The van der Waals surface area contributed by atoms with Crippen LogP contribution in [0.4, 0.5) is 5.69 Å². The molecule has 2 aromatic carbocycles. The number of carbonyl (C=O) groups excluding carboxylic acids is 3. The molecule has 3 rings (SSSR count). The number of carbonyl (C=O) groups is 3. The first-order valence-corrected chi connectivity index (χ1v) is 10.1. The molecular weight excluding hydrogens is 410 g/mol. The average Bonchev–Trinajstić information content (AvgIpc) is 3.17. The lowest BCUT2D eigenvalue weighted by atomic mass is 10.1. The van der Waals surface area contributed by atoms with Gasteiger partial charge in [0.15, 0.2) is 11.8 Å². The van der Waals surface area contributed by atoms with E-state index in [4.69, 9.17) is 4.74 Å². The van der Waals surface area contributed by atoms with Crippen molar-refractivity contribution >= 4 is 23.5 Å². The Bertz CT molecular complexity index is 1120. The van der Waals surface area contributed by atoms with Crippen molar-refractivity contribution in [1.29, 1.82) is 0 Å². The molecule has 1 aromatic heterocycles. The quantitative estimate of drug-likeness (QED) is 0.551. The summed E-state index contributed by atoms with van der Waals surface area (Å²) in [5, 5.41) is 13.6. The predicted octanol–water partition coefficient (Wildman–Crippen LogP) is 2.49. The number of nitrogens with zero attached hydrogens (tertiary/aromatic N) is 3. The topological polar surface area (TPSA) is 115 Å². The number of aromatic nitrogens is 3. The summed E-state index contributed by atoms with van der Waals surface area (Å²) in [7, 11) is 0. The summed E-state index contributed by atoms with van der Waals surface area (Å²) in [4.78, 5) is 38.3. The summed E-state index contributed by atoms with van der Waals surface area (Å²) in [6, 6.07) is 14.8. The van der Waals surface area contributed by atoms with Gasteiger partial charge in [0.25, 0.3) is 5.91 Å². The van der Waals surface area contributed by atoms with Crippen LogP contribution < -0.4 is 10.6 Å². The van der Waals surface area contributed by atoms with Gasteiger partial charge in [-0.1, -0.05) is 36.4 Å². The molecule has 0 spiro atoms. The molecule has 0 saturated heterocycles. The molecule has 9 heteroatoms. The second-order valence-electron chi connectivity index (χ2n) is 7.34. The minimum atomic E-state index is -1.11. The van der Waals surface area contributed by atoms with Gasteiger partial charge in [0.2, 0.25) is 5.91 Å². The number of esters is 1. The van der Waals surface area contributed by atoms with E-state index in [9.17, 15) is 14.4 Å². The monoisotopic (exact) mass is 435 g/mol. The lowest BCUT2D eigenvalue weighted by Gasteiger charge is -2.14. The molecule has 9 nitrogen and oxygen atoms in total. The van der Waals surface area contributed by atoms with E-state index in [0.29, 0.717) is 17.1 Å². The van der Waals surface area contributed by atoms with E-state index in [1.54, 1.807) is 19.1 Å². The van der Waals surface area contributed by atoms with Crippen molar-refractivity contribution in [3.63, 3.8) is 0 Å². The third-order valence-corrected chi connectivity index (χ3v) is 4.78. The molecule has 1 atom stereocenters. The van der Waals surface area contributed by atoms with Gasteiger partial charge in [-0.2, -0.15) is 9.90 Å². The van der Waals surface area contributed by atoms with Crippen LogP contribution in [0, 0.1) is 20.8 Å². The standard InChI is InChI=1S/C23H25N5O4/c1-14-9-8-10-15(2)20(14)25-19(29)13-24-22(30)17(4)32-23(31)21-16(3)26-28(27-21)18-11-6-5-7-12-18/h5-12,17H,13H2,1-4H3,(H,24,30)(H,25,29)/t17-/m0/s1. The fourth-order valence-corrected chi connectivity index (χ4v) is 3.02. The number of para-hydroxylation sites is 2. The normalized spacial score (nSPS) is 11.5. The molecule has 0 radical (unpaired) electrons. The van der Waals surface area contributed by atoms with E-state index >= 15 is 0 Å². The highest BCUT2D eigenvalue weighted by Crippen LogP contribution is 2.19. The second-order valence-corrected chi connectivity index (χ2v) is 7.34. The van der Waals surface area contributed by atoms with Crippen molar-refractivity contribution in [2.24, 2.45) is 0 Å². The molecule has 0 saturated carbocycles. The fraction of sp³-hybridized carbons (Fsp3) is 0.261. The first kappa shape index (κ1) is 22.7. The smallest absolute Gasteiger partial charge is 0.361 e. The van der Waals surface area contributed by atoms with E-state index in [2.05, 4.69) is 20.8 Å². The number of hydrogen-bond donors (Lipinski definition) is 2. The van der Waals surface area contributed by atoms with Crippen molar-refractivity contribution < 1.29 is 19.1 Å². The van der Waals surface area contributed by atoms with Crippen LogP contribution in [0.2, 0.25) is 0 Å². The summed E-state index contributed by atoms with van der Waals surface area (Å²) in [6.45, 7) is 6.58. The zero-order valence-electron chi connectivity index (χ0n) is 18.4. The Morgan fingerprint density at radius 2 is 1.62 bits per heavy atom. The number of hydrogen-bond acceptors (Lipinski definition) is 6. The Balaban J connectivity index is 1.55. The maximum absolute atomic E-state index is 12.5. The first-order chi connectivity index (χ1) is 15.3. The molecule has 0 aliphatic rings. The van der Waals surface area contributed by atoms with Gasteiger partial charge in [-0.3, -0.25) is 9.59 Å². The Hall–Kier alpha value is -4.01. The highest BCUT2D eigenvalue weighted by molar-refractivity contribution is 5.97. The number of nitrogens with one attached hydrogen (secondary N) is 2. The van der Waals surface area contributed by atoms with E-state index in [-0.39, 0.29) is 18.1 Å². The second kappa shape index (κ2) is 9.86. The molecule has 0 aliphatic carbocycles. The third kappa shape index (κ3) is 5.37. The highest BCUT2D eigenvalue weighted by atomic mass is 16.5. The summed E-state index contributed by atoms with van der Waals surface area (Å²) in [6.07, 6.45) is -1.11. The van der Waals surface area contributed by atoms with Crippen molar-refractivity contribution in [3.8, 4) is 5.69 Å². The molecular formula is C23H25N5O4. The number of rotatable bonds is 7. The maximum atomic E-state index is 12.5. The summed E-state index contributed by atoms with van der Waals surface area (Å²) >= 11 is 0. The lowest BCUT2D eigenvalue weighted by molar-refractivity contribution is -0.130. The van der Waals surface area contributed by atoms with Crippen LogP contribution in [0.5, 0.6) is 0 Å². The molecule has 1 heterocycles. The Morgan fingerprint density at radius 3 is 2.28 bits per heavy atom. The van der Waals surface area contributed by atoms with E-state index in [0.717, 1.165) is 11.1 Å². The number of anilines is 1. The summed E-state index contributed by atoms with van der Waals surface area (Å²) < 4.78 is 5.22. The lowest BCUT2D eigenvalue weighted by Crippen LogP contribution is -2.40. The van der Waals surface area contributed by atoms with E-state index in [1.807, 2.05) is 50.2 Å². The highest BCUT2D eigenvalue weighted by Gasteiger charge is 2.24. The van der Waals surface area contributed by atoms with Crippen molar-refractivity contribution in [2.75, 3.05) is 11.9 Å². The molecule has 166 valence electrons. The molecule has 2 N–H and O–H groups in total.